The lowest BCUT2D eigenvalue weighted by molar-refractivity contribution is -0.122. The van der Waals surface area contributed by atoms with Crippen molar-refractivity contribution in [2.45, 2.75) is 12.3 Å². The molecule has 0 bridgehead atoms. The van der Waals surface area contributed by atoms with Gasteiger partial charge in [0, 0.05) is 10.8 Å². The summed E-state index contributed by atoms with van der Waals surface area (Å²) in [6, 6.07) is 14.1. The molecule has 1 aromatic carbocycles. The Morgan fingerprint density at radius 3 is 2.80 bits per heavy atom. The van der Waals surface area contributed by atoms with Gasteiger partial charge in [0.15, 0.2) is 0 Å². The van der Waals surface area contributed by atoms with Gasteiger partial charge in [-0.05, 0) is 46.0 Å². The lowest BCUT2D eigenvalue weighted by atomic mass is 10.1. The van der Waals surface area contributed by atoms with E-state index in [0.717, 1.165) is 15.1 Å². The number of amides is 1. The summed E-state index contributed by atoms with van der Waals surface area (Å²) in [7, 11) is 0. The molecule has 1 N–H and O–H groups in total. The molecule has 102 valence electrons. The maximum Gasteiger partial charge on any atom is 0.243 e. The Morgan fingerprint density at radius 1 is 1.30 bits per heavy atom. The predicted octanol–water partition coefficient (Wildman–Crippen LogP) is 3.76. The lowest BCUT2D eigenvalue weighted by Crippen LogP contribution is -2.19. The highest BCUT2D eigenvalue weighted by Crippen LogP contribution is 2.47. The number of hydrogen-bond acceptors (Lipinski definition) is 3. The van der Waals surface area contributed by atoms with Crippen LogP contribution in [0.4, 0.5) is 0 Å². The summed E-state index contributed by atoms with van der Waals surface area (Å²) >= 11 is 4.97. The van der Waals surface area contributed by atoms with E-state index in [1.807, 2.05) is 30.3 Å². The van der Waals surface area contributed by atoms with Crippen LogP contribution in [0.2, 0.25) is 0 Å². The van der Waals surface area contributed by atoms with Gasteiger partial charge in [0.25, 0.3) is 0 Å². The van der Waals surface area contributed by atoms with Crippen LogP contribution in [0.1, 0.15) is 22.8 Å². The van der Waals surface area contributed by atoms with Crippen LogP contribution < -0.4 is 5.43 Å². The van der Waals surface area contributed by atoms with Crippen molar-refractivity contribution >= 4 is 39.4 Å². The van der Waals surface area contributed by atoms with Crippen molar-refractivity contribution < 1.29 is 4.79 Å². The minimum absolute atomic E-state index is 0.00530. The lowest BCUT2D eigenvalue weighted by Gasteiger charge is -1.99. The zero-order chi connectivity index (χ0) is 13.9. The standard InChI is InChI=1S/C15H13BrN2OS/c16-14-7-6-11(20-14)9-17-18-15(19)13-8-12(13)10-4-2-1-3-5-10/h1-7,9,12-13H,8H2,(H,18,19)/b17-9-/t12-,13+/m0/s1. The average Bonchev–Trinajstić information content (AvgIpc) is 3.17. The fourth-order valence-corrected chi connectivity index (χ4v) is 3.49. The summed E-state index contributed by atoms with van der Waals surface area (Å²) in [5, 5.41) is 4.01. The highest BCUT2D eigenvalue weighted by Gasteiger charge is 2.43. The van der Waals surface area contributed by atoms with Gasteiger partial charge in [-0.1, -0.05) is 30.3 Å². The second-order valence-electron chi connectivity index (χ2n) is 4.74. The van der Waals surface area contributed by atoms with Crippen molar-refractivity contribution in [3.8, 4) is 0 Å². The van der Waals surface area contributed by atoms with E-state index in [9.17, 15) is 4.79 Å². The third kappa shape index (κ3) is 3.16. The Labute approximate surface area is 129 Å². The van der Waals surface area contributed by atoms with E-state index in [4.69, 9.17) is 0 Å². The molecule has 1 heterocycles. The normalized spacial score (nSPS) is 21.1. The van der Waals surface area contributed by atoms with Gasteiger partial charge in [-0.15, -0.1) is 11.3 Å². The smallest absolute Gasteiger partial charge is 0.243 e. The molecule has 2 aromatic rings. The Morgan fingerprint density at radius 2 is 2.10 bits per heavy atom. The first kappa shape index (κ1) is 13.5. The minimum Gasteiger partial charge on any atom is -0.273 e. The number of carbonyl (C=O) groups excluding carboxylic acids is 1. The summed E-state index contributed by atoms with van der Waals surface area (Å²) < 4.78 is 1.05. The molecule has 1 aromatic heterocycles. The molecule has 1 aliphatic carbocycles. The van der Waals surface area contributed by atoms with Gasteiger partial charge in [0.2, 0.25) is 5.91 Å². The number of benzene rings is 1. The Hall–Kier alpha value is -1.46. The molecule has 1 amide bonds. The van der Waals surface area contributed by atoms with Crippen LogP contribution in [0, 0.1) is 5.92 Å². The first-order valence-electron chi connectivity index (χ1n) is 6.37. The number of nitrogens with one attached hydrogen (secondary N) is 1. The first-order valence-corrected chi connectivity index (χ1v) is 7.98. The maximum atomic E-state index is 12.0. The second-order valence-corrected chi connectivity index (χ2v) is 7.23. The molecule has 0 saturated heterocycles. The van der Waals surface area contributed by atoms with Crippen LogP contribution in [0.15, 0.2) is 51.4 Å². The van der Waals surface area contributed by atoms with Gasteiger partial charge in [-0.2, -0.15) is 5.10 Å². The number of rotatable bonds is 4. The molecular weight excluding hydrogens is 336 g/mol. The van der Waals surface area contributed by atoms with Crippen LogP contribution in [-0.2, 0) is 4.79 Å². The molecule has 5 heteroatoms. The molecule has 2 atom stereocenters. The van der Waals surface area contributed by atoms with E-state index in [-0.39, 0.29) is 11.8 Å². The first-order chi connectivity index (χ1) is 9.74. The highest BCUT2D eigenvalue weighted by atomic mass is 79.9. The summed E-state index contributed by atoms with van der Waals surface area (Å²) in [5.41, 5.74) is 3.86. The van der Waals surface area contributed by atoms with Crippen LogP contribution in [0.5, 0.6) is 0 Å². The van der Waals surface area contributed by atoms with E-state index in [1.54, 1.807) is 17.6 Å². The van der Waals surface area contributed by atoms with Gasteiger partial charge >= 0.3 is 0 Å². The van der Waals surface area contributed by atoms with Crippen LogP contribution in [0.25, 0.3) is 0 Å². The number of hydrogen-bond donors (Lipinski definition) is 1. The van der Waals surface area contributed by atoms with Gasteiger partial charge in [-0.3, -0.25) is 4.79 Å². The minimum atomic E-state index is 0.00530. The summed E-state index contributed by atoms with van der Waals surface area (Å²) in [6.07, 6.45) is 2.59. The largest absolute Gasteiger partial charge is 0.273 e. The Balaban J connectivity index is 1.53. The third-order valence-corrected chi connectivity index (χ3v) is 4.87. The average molecular weight is 349 g/mol. The molecule has 1 saturated carbocycles. The fourth-order valence-electron chi connectivity index (χ4n) is 2.19. The van der Waals surface area contributed by atoms with Gasteiger partial charge < -0.3 is 0 Å². The molecule has 3 rings (SSSR count). The topological polar surface area (TPSA) is 41.5 Å². The molecule has 0 radical (unpaired) electrons. The van der Waals surface area contributed by atoms with Crippen LogP contribution in [0.3, 0.4) is 0 Å². The third-order valence-electron chi connectivity index (χ3n) is 3.32. The van der Waals surface area contributed by atoms with Crippen molar-refractivity contribution in [3.05, 3.63) is 56.7 Å². The van der Waals surface area contributed by atoms with Gasteiger partial charge in [-0.25, -0.2) is 5.43 Å². The van der Waals surface area contributed by atoms with Crippen molar-refractivity contribution in [2.24, 2.45) is 11.0 Å². The van der Waals surface area contributed by atoms with Crippen molar-refractivity contribution in [3.63, 3.8) is 0 Å². The number of halogens is 1. The molecule has 0 spiro atoms. The maximum absolute atomic E-state index is 12.0. The SMILES string of the molecule is O=C(N/N=C\c1ccc(Br)s1)[C@@H]1C[C@H]1c1ccccc1. The molecule has 0 aliphatic heterocycles. The fraction of sp³-hybridized carbons (Fsp3) is 0.200. The van der Waals surface area contributed by atoms with E-state index >= 15 is 0 Å². The van der Waals surface area contributed by atoms with Crippen molar-refractivity contribution in [2.75, 3.05) is 0 Å². The number of hydrazone groups is 1. The number of nitrogens with zero attached hydrogens (tertiary/aromatic N) is 1. The second kappa shape index (κ2) is 5.89. The van der Waals surface area contributed by atoms with E-state index in [2.05, 4.69) is 38.6 Å². The zero-order valence-corrected chi connectivity index (χ0v) is 13.0. The predicted molar refractivity (Wildman–Crippen MR) is 85.0 cm³/mol. The highest BCUT2D eigenvalue weighted by molar-refractivity contribution is 9.11. The monoisotopic (exact) mass is 348 g/mol. The molecular formula is C15H13BrN2OS. The van der Waals surface area contributed by atoms with E-state index < -0.39 is 0 Å². The van der Waals surface area contributed by atoms with Gasteiger partial charge in [0.05, 0.1) is 10.0 Å². The summed E-state index contributed by atoms with van der Waals surface area (Å²) in [4.78, 5) is 13.0. The molecule has 0 unspecified atom stereocenters. The number of thiophene rings is 1. The van der Waals surface area contributed by atoms with Gasteiger partial charge in [0.1, 0.15) is 0 Å². The zero-order valence-electron chi connectivity index (χ0n) is 10.6. The molecule has 20 heavy (non-hydrogen) atoms. The van der Waals surface area contributed by atoms with E-state index in [0.29, 0.717) is 5.92 Å². The Kier molecular flexibility index (Phi) is 3.98. The van der Waals surface area contributed by atoms with Crippen molar-refractivity contribution in [1.82, 2.24) is 5.43 Å². The van der Waals surface area contributed by atoms with Crippen LogP contribution >= 0.6 is 27.3 Å². The van der Waals surface area contributed by atoms with E-state index in [1.165, 1.54) is 5.56 Å². The quantitative estimate of drug-likeness (QED) is 0.663. The summed E-state index contributed by atoms with van der Waals surface area (Å²) in [6.45, 7) is 0. The summed E-state index contributed by atoms with van der Waals surface area (Å²) in [5.74, 6) is 0.414. The molecule has 1 fully saturated rings. The molecule has 1 aliphatic rings. The Bertz CT molecular complexity index is 638. The molecule has 3 nitrogen and oxygen atoms in total. The van der Waals surface area contributed by atoms with Crippen LogP contribution in [-0.4, -0.2) is 12.1 Å². The van der Waals surface area contributed by atoms with Crippen molar-refractivity contribution in [1.29, 1.82) is 0 Å². The number of carbonyl (C=O) groups is 1.